The lowest BCUT2D eigenvalue weighted by atomic mass is 9.89. The number of carbonyl (C=O) groups excluding carboxylic acids is 1. The molecule has 0 radical (unpaired) electrons. The van der Waals surface area contributed by atoms with Crippen LogP contribution in [0.1, 0.15) is 49.1 Å². The lowest BCUT2D eigenvalue weighted by Gasteiger charge is -2.33. The van der Waals surface area contributed by atoms with Crippen LogP contribution >= 0.6 is 27.5 Å². The molecule has 0 spiro atoms. The van der Waals surface area contributed by atoms with E-state index in [1.165, 1.54) is 24.8 Å². The third-order valence-corrected chi connectivity index (χ3v) is 8.41. The van der Waals surface area contributed by atoms with Gasteiger partial charge in [-0.1, -0.05) is 23.7 Å². The fourth-order valence-corrected chi connectivity index (χ4v) is 6.64. The zero-order chi connectivity index (χ0) is 24.4. The van der Waals surface area contributed by atoms with E-state index in [2.05, 4.69) is 50.4 Å². The lowest BCUT2D eigenvalue weighted by molar-refractivity contribution is -0.118. The summed E-state index contributed by atoms with van der Waals surface area (Å²) >= 11 is 9.65. The van der Waals surface area contributed by atoms with Gasteiger partial charge in [0.05, 0.1) is 17.2 Å². The average molecular weight is 560 g/mol. The molecule has 2 atom stereocenters. The summed E-state index contributed by atoms with van der Waals surface area (Å²) < 4.78 is 11.9. The highest BCUT2D eigenvalue weighted by atomic mass is 79.9. The summed E-state index contributed by atoms with van der Waals surface area (Å²) in [5.74, 6) is 2.91. The van der Waals surface area contributed by atoms with Crippen LogP contribution in [0.25, 0.3) is 6.08 Å². The first-order chi connectivity index (χ1) is 17.0. The highest BCUT2D eigenvalue weighted by Gasteiger charge is 2.30. The number of nitrogens with zero attached hydrogens (tertiary/aromatic N) is 1. The molecule has 5 nitrogen and oxygen atoms in total. The number of likely N-dealkylation sites (tertiary alicyclic amines) is 1. The minimum atomic E-state index is -0.0299. The number of hydrogen-bond acceptors (Lipinski definition) is 4. The van der Waals surface area contributed by atoms with Crippen LogP contribution in [0.4, 0.5) is 0 Å². The molecule has 35 heavy (non-hydrogen) atoms. The number of ether oxygens (including phenoxy) is 2. The highest BCUT2D eigenvalue weighted by Crippen LogP contribution is 2.37. The van der Waals surface area contributed by atoms with E-state index in [-0.39, 0.29) is 18.6 Å². The van der Waals surface area contributed by atoms with Gasteiger partial charge in [-0.3, -0.25) is 4.79 Å². The van der Waals surface area contributed by atoms with Gasteiger partial charge in [-0.2, -0.15) is 0 Å². The number of amides is 1. The highest BCUT2D eigenvalue weighted by molar-refractivity contribution is 9.10. The minimum absolute atomic E-state index is 0.0299. The van der Waals surface area contributed by atoms with Crippen molar-refractivity contribution in [2.24, 2.45) is 5.92 Å². The number of benzene rings is 2. The molecule has 7 heteroatoms. The Morgan fingerprint density at radius 2 is 1.94 bits per heavy atom. The van der Waals surface area contributed by atoms with Crippen LogP contribution in [0.15, 0.2) is 46.4 Å². The van der Waals surface area contributed by atoms with E-state index in [1.807, 2.05) is 12.1 Å². The van der Waals surface area contributed by atoms with E-state index >= 15 is 0 Å². The maximum absolute atomic E-state index is 12.9. The molecule has 2 aromatic rings. The Morgan fingerprint density at radius 1 is 1.17 bits per heavy atom. The predicted molar refractivity (Wildman–Crippen MR) is 143 cm³/mol. The maximum atomic E-state index is 12.9. The van der Waals surface area contributed by atoms with Gasteiger partial charge in [0, 0.05) is 23.2 Å². The minimum Gasteiger partial charge on any atom is -0.497 e. The summed E-state index contributed by atoms with van der Waals surface area (Å²) in [6, 6.07) is 12.4. The summed E-state index contributed by atoms with van der Waals surface area (Å²) in [7, 11) is 1.71. The number of fused-ring (bicyclic) bond motifs is 1. The van der Waals surface area contributed by atoms with E-state index in [1.54, 1.807) is 13.2 Å². The molecule has 0 bridgehead atoms. The standard InChI is InChI=1S/C28H32BrClN2O3/c1-34-25-6-3-19(4-7-25)20-8-10-32(11-9-20)16-18-2-5-24(12-18)31-28(33)22-13-21-14-23(30)15-26(29)27(21)35-17-22/h3-4,6-7,13-15,18,20,24H,2,5,8-12,16-17H2,1H3,(H,31,33)/t18-,24+/m1/s1. The molecule has 2 heterocycles. The zero-order valence-electron chi connectivity index (χ0n) is 20.1. The quantitative estimate of drug-likeness (QED) is 0.468. The molecule has 2 aliphatic heterocycles. The predicted octanol–water partition coefficient (Wildman–Crippen LogP) is 6.05. The van der Waals surface area contributed by atoms with Crippen LogP contribution in [0.2, 0.25) is 5.02 Å². The van der Waals surface area contributed by atoms with Gasteiger partial charge in [0.1, 0.15) is 18.1 Å². The van der Waals surface area contributed by atoms with Gasteiger partial charge in [-0.15, -0.1) is 0 Å². The molecular formula is C28H32BrClN2O3. The van der Waals surface area contributed by atoms with Crippen molar-refractivity contribution in [3.05, 3.63) is 62.6 Å². The summed E-state index contributed by atoms with van der Waals surface area (Å²) in [4.78, 5) is 15.5. The number of piperidine rings is 1. The van der Waals surface area contributed by atoms with E-state index in [0.717, 1.165) is 54.0 Å². The molecule has 2 aromatic carbocycles. The molecule has 1 saturated carbocycles. The molecule has 1 N–H and O–H groups in total. The summed E-state index contributed by atoms with van der Waals surface area (Å²) in [5, 5.41) is 3.87. The van der Waals surface area contributed by atoms with Gasteiger partial charge >= 0.3 is 0 Å². The molecule has 2 fully saturated rings. The fourth-order valence-electron chi connectivity index (χ4n) is 5.69. The molecule has 1 amide bonds. The van der Waals surface area contributed by atoms with Crippen LogP contribution in [0.3, 0.4) is 0 Å². The third kappa shape index (κ3) is 5.87. The van der Waals surface area contributed by atoms with E-state index in [0.29, 0.717) is 22.4 Å². The van der Waals surface area contributed by atoms with Crippen molar-refractivity contribution < 1.29 is 14.3 Å². The van der Waals surface area contributed by atoms with Crippen LogP contribution in [0, 0.1) is 5.92 Å². The molecule has 186 valence electrons. The Bertz CT molecular complexity index is 1100. The first-order valence-electron chi connectivity index (χ1n) is 12.5. The smallest absolute Gasteiger partial charge is 0.250 e. The van der Waals surface area contributed by atoms with Gasteiger partial charge in [0.25, 0.3) is 5.91 Å². The molecule has 3 aliphatic rings. The number of rotatable bonds is 6. The Labute approximate surface area is 220 Å². The Kier molecular flexibility index (Phi) is 7.71. The zero-order valence-corrected chi connectivity index (χ0v) is 22.4. The number of halogens is 2. The normalized spacial score (nSPS) is 22.8. The monoisotopic (exact) mass is 558 g/mol. The number of hydrogen-bond donors (Lipinski definition) is 1. The third-order valence-electron chi connectivity index (χ3n) is 7.60. The van der Waals surface area contributed by atoms with Crippen molar-refractivity contribution in [1.29, 1.82) is 0 Å². The van der Waals surface area contributed by atoms with Crippen molar-refractivity contribution in [2.75, 3.05) is 33.4 Å². The SMILES string of the molecule is COc1ccc(C2CCN(C[C@@H]3CC[C@H](NC(=O)C4=Cc5cc(Cl)cc(Br)c5OC4)C3)CC2)cc1. The molecule has 1 aliphatic carbocycles. The van der Waals surface area contributed by atoms with Crippen molar-refractivity contribution >= 4 is 39.5 Å². The first-order valence-corrected chi connectivity index (χ1v) is 13.6. The van der Waals surface area contributed by atoms with Gasteiger partial charge in [0.2, 0.25) is 0 Å². The van der Waals surface area contributed by atoms with Gasteiger partial charge in [-0.25, -0.2) is 0 Å². The Morgan fingerprint density at radius 3 is 2.69 bits per heavy atom. The molecule has 5 rings (SSSR count). The topological polar surface area (TPSA) is 50.8 Å². The second-order valence-corrected chi connectivity index (χ2v) is 11.3. The second-order valence-electron chi connectivity index (χ2n) is 9.96. The lowest BCUT2D eigenvalue weighted by Crippen LogP contribution is -2.38. The Hall–Kier alpha value is -2.02. The average Bonchev–Trinajstić information content (AvgIpc) is 3.30. The fraction of sp³-hybridized carbons (Fsp3) is 0.464. The molecule has 0 aromatic heterocycles. The van der Waals surface area contributed by atoms with Gasteiger partial charge in [-0.05, 0) is 109 Å². The second kappa shape index (κ2) is 10.9. The largest absolute Gasteiger partial charge is 0.497 e. The first kappa shape index (κ1) is 24.7. The van der Waals surface area contributed by atoms with Gasteiger partial charge < -0.3 is 19.7 Å². The molecule has 1 saturated heterocycles. The van der Waals surface area contributed by atoms with Crippen LogP contribution in [-0.4, -0.2) is 50.2 Å². The number of methoxy groups -OCH3 is 1. The summed E-state index contributed by atoms with van der Waals surface area (Å²) in [6.45, 7) is 3.70. The molecule has 0 unspecified atom stereocenters. The molecular weight excluding hydrogens is 528 g/mol. The summed E-state index contributed by atoms with van der Waals surface area (Å²) in [5.41, 5.74) is 2.91. The van der Waals surface area contributed by atoms with Crippen LogP contribution in [0.5, 0.6) is 11.5 Å². The number of carbonyl (C=O) groups is 1. The van der Waals surface area contributed by atoms with Crippen LogP contribution in [-0.2, 0) is 4.79 Å². The van der Waals surface area contributed by atoms with E-state index in [9.17, 15) is 4.79 Å². The van der Waals surface area contributed by atoms with Crippen molar-refractivity contribution in [1.82, 2.24) is 10.2 Å². The Balaban J connectivity index is 1.09. The van der Waals surface area contributed by atoms with Crippen LogP contribution < -0.4 is 14.8 Å². The van der Waals surface area contributed by atoms with E-state index < -0.39 is 0 Å². The maximum Gasteiger partial charge on any atom is 0.250 e. The number of nitrogens with one attached hydrogen (secondary N) is 1. The van der Waals surface area contributed by atoms with Gasteiger partial charge in [0.15, 0.2) is 0 Å². The summed E-state index contributed by atoms with van der Waals surface area (Å²) in [6.07, 6.45) is 7.56. The van der Waals surface area contributed by atoms with E-state index in [4.69, 9.17) is 21.1 Å². The van der Waals surface area contributed by atoms with Crippen molar-refractivity contribution in [3.8, 4) is 11.5 Å². The van der Waals surface area contributed by atoms with Crippen molar-refractivity contribution in [3.63, 3.8) is 0 Å². The van der Waals surface area contributed by atoms with Crippen molar-refractivity contribution in [2.45, 2.75) is 44.1 Å².